The van der Waals surface area contributed by atoms with Crippen molar-refractivity contribution in [1.29, 1.82) is 0 Å². The summed E-state index contributed by atoms with van der Waals surface area (Å²) in [6.07, 6.45) is 2.46. The van der Waals surface area contributed by atoms with Gasteiger partial charge in [0.25, 0.3) is 11.8 Å². The Balaban J connectivity index is 1.76. The predicted molar refractivity (Wildman–Crippen MR) is 202 cm³/mol. The van der Waals surface area contributed by atoms with Crippen LogP contribution in [0.4, 0.5) is 10.5 Å². The lowest BCUT2D eigenvalue weighted by Gasteiger charge is -2.30. The van der Waals surface area contributed by atoms with Crippen LogP contribution in [0.1, 0.15) is 58.6 Å². The van der Waals surface area contributed by atoms with Crippen molar-refractivity contribution in [1.82, 2.24) is 20.9 Å². The Bertz CT molecular complexity index is 1680. The number of imide groups is 1. The van der Waals surface area contributed by atoms with E-state index in [1.165, 1.54) is 0 Å². The maximum Gasteiger partial charge on any atom is 0.312 e. The molecule has 16 nitrogen and oxygen atoms in total. The summed E-state index contributed by atoms with van der Waals surface area (Å²) in [5, 5.41) is 10.6. The Kier molecular flexibility index (Phi) is 16.4. The van der Waals surface area contributed by atoms with Gasteiger partial charge in [0.1, 0.15) is 37.1 Å². The van der Waals surface area contributed by atoms with Crippen LogP contribution in [-0.2, 0) is 51.3 Å². The number of primary amides is 1. The number of carbonyl (C=O) groups is 7. The number of nitrogens with one attached hydrogen (secondary N) is 4. The van der Waals surface area contributed by atoms with Crippen molar-refractivity contribution >= 4 is 47.2 Å². The zero-order chi connectivity index (χ0) is 40.7. The van der Waals surface area contributed by atoms with Gasteiger partial charge in [0.15, 0.2) is 0 Å². The second-order valence-corrected chi connectivity index (χ2v) is 14.3. The quantitative estimate of drug-likeness (QED) is 0.0752. The number of nitrogens with zero attached hydrogens (tertiary/aromatic N) is 1. The monoisotopic (exact) mass is 764 g/mol. The molecule has 2 aromatic rings. The van der Waals surface area contributed by atoms with Crippen molar-refractivity contribution in [2.45, 2.75) is 78.6 Å². The molecule has 0 fully saturated rings. The summed E-state index contributed by atoms with van der Waals surface area (Å²) >= 11 is 0. The highest BCUT2D eigenvalue weighted by molar-refractivity contribution is 6.15. The Morgan fingerprint density at radius 3 is 2.00 bits per heavy atom. The number of methoxy groups -OCH3 is 1. The third-order valence-electron chi connectivity index (χ3n) is 8.42. The molecule has 55 heavy (non-hydrogen) atoms. The van der Waals surface area contributed by atoms with Crippen LogP contribution in [-0.4, -0.2) is 91.4 Å². The Morgan fingerprint density at radius 1 is 0.818 bits per heavy atom. The van der Waals surface area contributed by atoms with E-state index >= 15 is 0 Å². The fourth-order valence-electron chi connectivity index (χ4n) is 5.32. The molecular formula is C39H52N6O10. The van der Waals surface area contributed by atoms with Crippen LogP contribution < -0.4 is 31.7 Å². The maximum atomic E-state index is 13.9. The van der Waals surface area contributed by atoms with Gasteiger partial charge in [-0.15, -0.1) is 0 Å². The molecule has 1 aliphatic rings. The first kappa shape index (κ1) is 43.6. The maximum absolute atomic E-state index is 13.9. The number of nitrogens with two attached hydrogens (primary N) is 1. The van der Waals surface area contributed by atoms with E-state index in [9.17, 15) is 33.6 Å². The summed E-state index contributed by atoms with van der Waals surface area (Å²) < 4.78 is 15.9. The number of urea groups is 1. The first-order chi connectivity index (χ1) is 26.0. The topological polar surface area (TPSA) is 225 Å². The van der Waals surface area contributed by atoms with Crippen molar-refractivity contribution in [2.24, 2.45) is 17.1 Å². The zero-order valence-electron chi connectivity index (χ0n) is 32.1. The Morgan fingerprint density at radius 2 is 1.44 bits per heavy atom. The van der Waals surface area contributed by atoms with Gasteiger partial charge in [-0.25, -0.2) is 4.79 Å². The summed E-state index contributed by atoms with van der Waals surface area (Å²) in [6.45, 7) is 9.56. The molecule has 0 spiro atoms. The summed E-state index contributed by atoms with van der Waals surface area (Å²) in [5.74, 6) is -3.63. The van der Waals surface area contributed by atoms with Gasteiger partial charge in [-0.3, -0.25) is 33.7 Å². The lowest BCUT2D eigenvalue weighted by molar-refractivity contribution is -0.154. The predicted octanol–water partition coefficient (Wildman–Crippen LogP) is 2.35. The lowest BCUT2D eigenvalue weighted by Crippen LogP contribution is -2.59. The molecule has 0 saturated heterocycles. The highest BCUT2D eigenvalue weighted by Crippen LogP contribution is 2.20. The number of amides is 7. The molecule has 3 rings (SSSR count). The summed E-state index contributed by atoms with van der Waals surface area (Å²) in [7, 11) is 1.56. The molecular weight excluding hydrogens is 712 g/mol. The van der Waals surface area contributed by atoms with E-state index in [4.69, 9.17) is 19.9 Å². The summed E-state index contributed by atoms with van der Waals surface area (Å²) in [6, 6.07) is 9.09. The van der Waals surface area contributed by atoms with Crippen molar-refractivity contribution in [3.63, 3.8) is 0 Å². The molecule has 1 aliphatic heterocycles. The molecule has 0 unspecified atom stereocenters. The molecule has 0 bridgehead atoms. The minimum absolute atomic E-state index is 0.0478. The van der Waals surface area contributed by atoms with Crippen LogP contribution in [0.5, 0.6) is 5.75 Å². The molecule has 0 aliphatic carbocycles. The summed E-state index contributed by atoms with van der Waals surface area (Å²) in [4.78, 5) is 91.0. The number of rotatable bonds is 20. The van der Waals surface area contributed by atoms with E-state index in [-0.39, 0.29) is 38.4 Å². The van der Waals surface area contributed by atoms with Crippen molar-refractivity contribution in [3.8, 4) is 5.75 Å². The van der Waals surface area contributed by atoms with Crippen LogP contribution in [0.15, 0.2) is 60.7 Å². The van der Waals surface area contributed by atoms with E-state index in [0.29, 0.717) is 35.8 Å². The lowest BCUT2D eigenvalue weighted by atomic mass is 9.97. The van der Waals surface area contributed by atoms with Gasteiger partial charge in [-0.1, -0.05) is 38.1 Å². The van der Waals surface area contributed by atoms with Crippen LogP contribution in [0, 0.1) is 11.3 Å². The molecule has 298 valence electrons. The number of esters is 1. The second kappa shape index (κ2) is 20.6. The smallest absolute Gasteiger partial charge is 0.312 e. The van der Waals surface area contributed by atoms with Gasteiger partial charge in [-0.2, -0.15) is 0 Å². The van der Waals surface area contributed by atoms with E-state index in [1.54, 1.807) is 90.3 Å². The molecule has 6 N–H and O–H groups in total. The third kappa shape index (κ3) is 13.9. The number of carbonyl (C=O) groups excluding carboxylic acids is 7. The standard InChI is InChI=1S/C39H52N6O10/c1-24(2)33(44-35(49)30(45-31(46)17-18-32(45)47)22-25-11-15-28(16-12-25)54-21-20-53-6)36(50)43-29(8-7-19-41-38(40)52)34(48)42-27-13-9-26(10-14-27)23-55-37(51)39(3,4)5/h9-18,24,29-30,33H,7-8,19-23H2,1-6H3,(H,42,48)(H,43,50)(H,44,49)(H3,40,41,52)/t29-,30-,33-/m0/s1. The largest absolute Gasteiger partial charge is 0.491 e. The first-order valence-corrected chi connectivity index (χ1v) is 18.0. The fourth-order valence-corrected chi connectivity index (χ4v) is 5.32. The SMILES string of the molecule is COCCOc1ccc(C[C@@H](C(=O)N[C@H](C(=O)N[C@@H](CCCNC(N)=O)C(=O)Nc2ccc(COC(=O)C(C)(C)C)cc2)C(C)C)N2C(=O)C=CC2=O)cc1. The average Bonchev–Trinajstić information content (AvgIpc) is 3.46. The number of ether oxygens (including phenoxy) is 3. The van der Waals surface area contributed by atoms with E-state index in [2.05, 4.69) is 21.3 Å². The van der Waals surface area contributed by atoms with Crippen LogP contribution >= 0.6 is 0 Å². The van der Waals surface area contributed by atoms with Gasteiger partial charge in [0.2, 0.25) is 17.7 Å². The zero-order valence-corrected chi connectivity index (χ0v) is 32.1. The van der Waals surface area contributed by atoms with Gasteiger partial charge >= 0.3 is 12.0 Å². The summed E-state index contributed by atoms with van der Waals surface area (Å²) in [5.41, 5.74) is 6.25. The van der Waals surface area contributed by atoms with Crippen LogP contribution in [0.2, 0.25) is 0 Å². The number of benzene rings is 2. The average molecular weight is 765 g/mol. The molecule has 2 aromatic carbocycles. The van der Waals surface area contributed by atoms with Crippen LogP contribution in [0.3, 0.4) is 0 Å². The van der Waals surface area contributed by atoms with Crippen LogP contribution in [0.25, 0.3) is 0 Å². The van der Waals surface area contributed by atoms with Gasteiger partial charge < -0.3 is 41.2 Å². The Hall–Kier alpha value is -5.77. The van der Waals surface area contributed by atoms with E-state index in [0.717, 1.165) is 17.1 Å². The fraction of sp³-hybridized carbons (Fsp3) is 0.462. The van der Waals surface area contributed by atoms with E-state index in [1.807, 2.05) is 0 Å². The molecule has 7 amide bonds. The highest BCUT2D eigenvalue weighted by atomic mass is 16.5. The molecule has 1 heterocycles. The minimum Gasteiger partial charge on any atom is -0.491 e. The molecule has 0 saturated carbocycles. The van der Waals surface area contributed by atoms with Crippen molar-refractivity contribution < 1.29 is 47.8 Å². The van der Waals surface area contributed by atoms with Gasteiger partial charge in [-0.05, 0) is 74.9 Å². The third-order valence-corrected chi connectivity index (χ3v) is 8.42. The highest BCUT2D eigenvalue weighted by Gasteiger charge is 2.38. The molecule has 0 aromatic heterocycles. The number of hydrogen-bond acceptors (Lipinski definition) is 10. The molecule has 0 radical (unpaired) electrons. The second-order valence-electron chi connectivity index (χ2n) is 14.3. The van der Waals surface area contributed by atoms with Gasteiger partial charge in [0, 0.05) is 37.9 Å². The van der Waals surface area contributed by atoms with Crippen molar-refractivity contribution in [2.75, 3.05) is 32.2 Å². The molecule has 16 heteroatoms. The van der Waals surface area contributed by atoms with Crippen molar-refractivity contribution in [3.05, 3.63) is 71.8 Å². The first-order valence-electron chi connectivity index (χ1n) is 18.0. The number of anilines is 1. The molecule has 3 atom stereocenters. The van der Waals surface area contributed by atoms with E-state index < -0.39 is 65.0 Å². The van der Waals surface area contributed by atoms with Gasteiger partial charge in [0.05, 0.1) is 12.0 Å². The minimum atomic E-state index is -1.30. The number of hydrogen-bond donors (Lipinski definition) is 5. The normalized spacial score (nSPS) is 14.2. The Labute approximate surface area is 320 Å².